The van der Waals surface area contributed by atoms with Gasteiger partial charge in [0.05, 0.1) is 6.04 Å². The van der Waals surface area contributed by atoms with Gasteiger partial charge in [0.15, 0.2) is 0 Å². The second kappa shape index (κ2) is 3.74. The molecule has 1 heterocycles. The van der Waals surface area contributed by atoms with Crippen LogP contribution < -0.4 is 5.73 Å². The number of carbonyl (C=O) groups is 1. The first kappa shape index (κ1) is 10.3. The normalized spacial score (nSPS) is 30.6. The van der Waals surface area contributed by atoms with Crippen molar-refractivity contribution in [1.82, 2.24) is 4.90 Å². The zero-order valence-electron chi connectivity index (χ0n) is 8.66. The average molecular weight is 214 g/mol. The molecule has 2 aliphatic rings. The molecule has 2 rings (SSSR count). The van der Waals surface area contributed by atoms with Crippen molar-refractivity contribution in [3.05, 3.63) is 0 Å². The Morgan fingerprint density at radius 3 is 2.93 bits per heavy atom. The molecule has 1 aliphatic carbocycles. The lowest BCUT2D eigenvalue weighted by Gasteiger charge is -2.33. The van der Waals surface area contributed by atoms with Gasteiger partial charge in [0.2, 0.25) is 5.91 Å². The summed E-state index contributed by atoms with van der Waals surface area (Å²) in [6, 6.07) is -0.235. The Morgan fingerprint density at radius 2 is 2.36 bits per heavy atom. The quantitative estimate of drug-likeness (QED) is 0.757. The molecule has 3 nitrogen and oxygen atoms in total. The van der Waals surface area contributed by atoms with Crippen molar-refractivity contribution in [1.29, 1.82) is 0 Å². The van der Waals surface area contributed by atoms with E-state index in [1.54, 1.807) is 0 Å². The van der Waals surface area contributed by atoms with Gasteiger partial charge in [-0.05, 0) is 31.9 Å². The maximum Gasteiger partial charge on any atom is 0.239 e. The van der Waals surface area contributed by atoms with E-state index in [0.29, 0.717) is 4.75 Å². The number of carbonyl (C=O) groups excluding carboxylic acids is 1. The van der Waals surface area contributed by atoms with Gasteiger partial charge in [0.25, 0.3) is 0 Å². The summed E-state index contributed by atoms with van der Waals surface area (Å²) in [6.45, 7) is 1.83. The van der Waals surface area contributed by atoms with Crippen LogP contribution in [0.4, 0.5) is 0 Å². The van der Waals surface area contributed by atoms with E-state index in [1.165, 1.54) is 12.8 Å². The second-order valence-corrected chi connectivity index (χ2v) is 5.67. The van der Waals surface area contributed by atoms with Gasteiger partial charge < -0.3 is 10.6 Å². The van der Waals surface area contributed by atoms with Crippen LogP contribution in [0.25, 0.3) is 0 Å². The van der Waals surface area contributed by atoms with Crippen molar-refractivity contribution in [2.45, 2.75) is 36.5 Å². The molecule has 0 aromatic heterocycles. The predicted molar refractivity (Wildman–Crippen MR) is 59.3 cm³/mol. The first-order valence-corrected chi connectivity index (χ1v) is 6.49. The molecule has 2 N–H and O–H groups in total. The molecule has 1 aliphatic heterocycles. The van der Waals surface area contributed by atoms with Crippen molar-refractivity contribution in [2.24, 2.45) is 5.73 Å². The molecule has 1 saturated heterocycles. The fourth-order valence-electron chi connectivity index (χ4n) is 2.04. The van der Waals surface area contributed by atoms with Gasteiger partial charge >= 0.3 is 0 Å². The lowest BCUT2D eigenvalue weighted by Crippen LogP contribution is -2.50. The van der Waals surface area contributed by atoms with Crippen LogP contribution in [0.1, 0.15) is 25.7 Å². The lowest BCUT2D eigenvalue weighted by atomic mass is 10.1. The van der Waals surface area contributed by atoms with Crippen molar-refractivity contribution in [2.75, 3.05) is 19.3 Å². The molecular weight excluding hydrogens is 196 g/mol. The summed E-state index contributed by atoms with van der Waals surface area (Å²) in [5.41, 5.74) is 5.75. The topological polar surface area (TPSA) is 46.3 Å². The van der Waals surface area contributed by atoms with Crippen molar-refractivity contribution in [3.63, 3.8) is 0 Å². The van der Waals surface area contributed by atoms with Gasteiger partial charge in [-0.1, -0.05) is 0 Å². The highest BCUT2D eigenvalue weighted by molar-refractivity contribution is 8.00. The minimum atomic E-state index is -0.235. The number of hydrogen-bond acceptors (Lipinski definition) is 3. The molecule has 1 unspecified atom stereocenters. The molecule has 0 bridgehead atoms. The van der Waals surface area contributed by atoms with Crippen LogP contribution in [-0.2, 0) is 4.79 Å². The second-order valence-electron chi connectivity index (χ2n) is 4.40. The average Bonchev–Trinajstić information content (AvgIpc) is 2.94. The lowest BCUT2D eigenvalue weighted by molar-refractivity contribution is -0.134. The largest absolute Gasteiger partial charge is 0.340 e. The molecule has 0 spiro atoms. The van der Waals surface area contributed by atoms with Crippen LogP contribution in [0.15, 0.2) is 0 Å². The summed E-state index contributed by atoms with van der Waals surface area (Å²) in [4.78, 5) is 13.7. The Bertz CT molecular complexity index is 240. The van der Waals surface area contributed by atoms with Gasteiger partial charge in [-0.3, -0.25) is 4.79 Å². The predicted octanol–water partition coefficient (Wildman–Crippen LogP) is 0.832. The molecule has 4 heteroatoms. The summed E-state index contributed by atoms with van der Waals surface area (Å²) >= 11 is 1.90. The van der Waals surface area contributed by atoms with E-state index in [4.69, 9.17) is 5.73 Å². The summed E-state index contributed by atoms with van der Waals surface area (Å²) in [7, 11) is 0. The Labute approximate surface area is 89.4 Å². The van der Waals surface area contributed by atoms with Crippen molar-refractivity contribution >= 4 is 17.7 Å². The van der Waals surface area contributed by atoms with Crippen LogP contribution in [0, 0.1) is 0 Å². The van der Waals surface area contributed by atoms with Crippen LogP contribution in [0.3, 0.4) is 0 Å². The number of nitrogens with zero attached hydrogens (tertiary/aromatic N) is 1. The fourth-order valence-corrected chi connectivity index (χ4v) is 2.84. The Balaban J connectivity index is 1.93. The van der Waals surface area contributed by atoms with Gasteiger partial charge in [-0.15, -0.1) is 0 Å². The zero-order valence-corrected chi connectivity index (χ0v) is 9.48. The minimum Gasteiger partial charge on any atom is -0.340 e. The van der Waals surface area contributed by atoms with Crippen LogP contribution in [-0.4, -0.2) is 40.9 Å². The van der Waals surface area contributed by atoms with Gasteiger partial charge in [-0.25, -0.2) is 0 Å². The van der Waals surface area contributed by atoms with E-state index < -0.39 is 0 Å². The van der Waals surface area contributed by atoms with Crippen LogP contribution >= 0.6 is 11.8 Å². The summed E-state index contributed by atoms with van der Waals surface area (Å²) in [6.07, 6.45) is 6.58. The van der Waals surface area contributed by atoms with Gasteiger partial charge in [-0.2, -0.15) is 11.8 Å². The van der Waals surface area contributed by atoms with Crippen LogP contribution in [0.2, 0.25) is 0 Å². The summed E-state index contributed by atoms with van der Waals surface area (Å²) < 4.78 is 0.382. The summed E-state index contributed by atoms with van der Waals surface area (Å²) in [5, 5.41) is 0. The molecule has 80 valence electrons. The van der Waals surface area contributed by atoms with Crippen LogP contribution in [0.5, 0.6) is 0 Å². The van der Waals surface area contributed by atoms with Crippen molar-refractivity contribution < 1.29 is 4.79 Å². The number of likely N-dealkylation sites (tertiary alicyclic amines) is 1. The third-order valence-corrected chi connectivity index (χ3v) is 4.70. The number of amides is 1. The Hall–Kier alpha value is -0.220. The molecule has 0 aromatic rings. The van der Waals surface area contributed by atoms with E-state index in [2.05, 4.69) is 6.26 Å². The molecule has 1 saturated carbocycles. The standard InChI is InChI=1S/C10H18N2OS/c1-14-10(4-5-10)7-12-6-2-3-8(11)9(12)13/h8H,2-7,11H2,1H3. The first-order valence-electron chi connectivity index (χ1n) is 5.26. The maximum atomic E-state index is 11.7. The highest BCUT2D eigenvalue weighted by atomic mass is 32.2. The minimum absolute atomic E-state index is 0.163. The van der Waals surface area contributed by atoms with E-state index >= 15 is 0 Å². The molecular formula is C10H18N2OS. The van der Waals surface area contributed by atoms with E-state index in [9.17, 15) is 4.79 Å². The maximum absolute atomic E-state index is 11.7. The molecule has 0 radical (unpaired) electrons. The molecule has 0 aromatic carbocycles. The third kappa shape index (κ3) is 1.91. The summed E-state index contributed by atoms with van der Waals surface area (Å²) in [5.74, 6) is 0.163. The van der Waals surface area contributed by atoms with E-state index in [-0.39, 0.29) is 11.9 Å². The highest BCUT2D eigenvalue weighted by Crippen LogP contribution is 2.47. The molecule has 1 atom stereocenters. The van der Waals surface area contributed by atoms with Gasteiger partial charge in [0, 0.05) is 17.8 Å². The number of hydrogen-bond donors (Lipinski definition) is 1. The van der Waals surface area contributed by atoms with E-state index in [1.807, 2.05) is 16.7 Å². The zero-order chi connectivity index (χ0) is 10.2. The number of thioether (sulfide) groups is 1. The molecule has 14 heavy (non-hydrogen) atoms. The van der Waals surface area contributed by atoms with Gasteiger partial charge in [0.1, 0.15) is 0 Å². The fraction of sp³-hybridized carbons (Fsp3) is 0.900. The Morgan fingerprint density at radius 1 is 1.64 bits per heavy atom. The Kier molecular flexibility index (Phi) is 2.75. The highest BCUT2D eigenvalue weighted by Gasteiger charge is 2.44. The van der Waals surface area contributed by atoms with E-state index in [0.717, 1.165) is 25.9 Å². The monoisotopic (exact) mass is 214 g/mol. The molecule has 2 fully saturated rings. The molecule has 1 amide bonds. The smallest absolute Gasteiger partial charge is 0.239 e. The number of piperidine rings is 1. The van der Waals surface area contributed by atoms with Crippen molar-refractivity contribution in [3.8, 4) is 0 Å². The number of rotatable bonds is 3. The SMILES string of the molecule is CSC1(CN2CCCC(N)C2=O)CC1. The third-order valence-electron chi connectivity index (χ3n) is 3.29. The first-order chi connectivity index (χ1) is 6.67. The number of nitrogens with two attached hydrogens (primary N) is 1.